The topological polar surface area (TPSA) is 21.3 Å². The predicted molar refractivity (Wildman–Crippen MR) is 67.6 cm³/mol. The van der Waals surface area contributed by atoms with Gasteiger partial charge < -0.3 is 10.1 Å². The van der Waals surface area contributed by atoms with E-state index in [-0.39, 0.29) is 5.60 Å². The molecule has 0 amide bonds. The van der Waals surface area contributed by atoms with E-state index in [1.54, 1.807) is 5.57 Å². The van der Waals surface area contributed by atoms with Gasteiger partial charge in [-0.1, -0.05) is 18.6 Å². The molecule has 0 bridgehead atoms. The van der Waals surface area contributed by atoms with Gasteiger partial charge in [-0.2, -0.15) is 0 Å². The number of hydrogen-bond donors (Lipinski definition) is 1. The Morgan fingerprint density at radius 3 is 2.62 bits per heavy atom. The summed E-state index contributed by atoms with van der Waals surface area (Å²) in [7, 11) is 1.88. The van der Waals surface area contributed by atoms with Crippen molar-refractivity contribution in [3.05, 3.63) is 11.6 Å². The molecule has 0 heterocycles. The van der Waals surface area contributed by atoms with Gasteiger partial charge in [0.15, 0.2) is 0 Å². The average Bonchev–Trinajstić information content (AvgIpc) is 2.28. The summed E-state index contributed by atoms with van der Waals surface area (Å²) in [6, 6.07) is 0.469. The van der Waals surface area contributed by atoms with Gasteiger partial charge >= 0.3 is 0 Å². The third kappa shape index (κ3) is 2.18. The largest absolute Gasteiger partial charge is 0.376 e. The Morgan fingerprint density at radius 2 is 2.19 bits per heavy atom. The van der Waals surface area contributed by atoms with E-state index < -0.39 is 0 Å². The van der Waals surface area contributed by atoms with E-state index in [0.717, 1.165) is 6.54 Å². The Balaban J connectivity index is 2.12. The average molecular weight is 223 g/mol. The van der Waals surface area contributed by atoms with Crippen molar-refractivity contribution in [3.8, 4) is 0 Å². The molecule has 1 atom stereocenters. The van der Waals surface area contributed by atoms with Crippen LogP contribution in [0.25, 0.3) is 0 Å². The number of allylic oxidation sites excluding steroid dienone is 1. The fourth-order valence-electron chi connectivity index (χ4n) is 3.12. The van der Waals surface area contributed by atoms with Crippen molar-refractivity contribution < 1.29 is 4.74 Å². The molecule has 0 aromatic rings. The predicted octanol–water partition coefficient (Wildman–Crippen LogP) is 3.03. The van der Waals surface area contributed by atoms with Crippen molar-refractivity contribution in [2.45, 2.75) is 63.5 Å². The highest BCUT2D eigenvalue weighted by Crippen LogP contribution is 2.42. The van der Waals surface area contributed by atoms with E-state index in [1.807, 2.05) is 7.11 Å². The van der Waals surface area contributed by atoms with Gasteiger partial charge in [0.25, 0.3) is 0 Å². The van der Waals surface area contributed by atoms with Crippen molar-refractivity contribution in [1.82, 2.24) is 5.32 Å². The molecule has 2 rings (SSSR count). The summed E-state index contributed by atoms with van der Waals surface area (Å²) in [4.78, 5) is 0. The number of ether oxygens (including phenoxy) is 1. The van der Waals surface area contributed by atoms with Crippen LogP contribution in [-0.4, -0.2) is 25.3 Å². The quantitative estimate of drug-likeness (QED) is 0.723. The van der Waals surface area contributed by atoms with Gasteiger partial charge in [0.05, 0.1) is 11.6 Å². The first kappa shape index (κ1) is 12.1. The molecule has 1 unspecified atom stereocenters. The molecule has 1 saturated carbocycles. The van der Waals surface area contributed by atoms with Gasteiger partial charge in [-0.3, -0.25) is 0 Å². The summed E-state index contributed by atoms with van der Waals surface area (Å²) >= 11 is 0. The van der Waals surface area contributed by atoms with E-state index in [9.17, 15) is 0 Å². The summed E-state index contributed by atoms with van der Waals surface area (Å²) in [5.74, 6) is 0. The summed E-state index contributed by atoms with van der Waals surface area (Å²) in [5.41, 5.74) is 1.72. The first-order valence-corrected chi connectivity index (χ1v) is 6.80. The van der Waals surface area contributed by atoms with Crippen molar-refractivity contribution >= 4 is 0 Å². The Labute approximate surface area is 99.4 Å². The van der Waals surface area contributed by atoms with Crippen LogP contribution in [0.4, 0.5) is 0 Å². The first-order chi connectivity index (χ1) is 7.82. The minimum atomic E-state index is 0.110. The Hall–Kier alpha value is -0.340. The lowest BCUT2D eigenvalue weighted by Crippen LogP contribution is -2.57. The molecular formula is C14H25NO. The standard InChI is InChI=1S/C14H25NO/c1-3-15-13(12-8-5-4-6-9-12)14(16-2)10-7-11-14/h8,13,15H,3-7,9-11H2,1-2H3. The number of rotatable bonds is 5. The van der Waals surface area contributed by atoms with Gasteiger partial charge in [-0.25, -0.2) is 0 Å². The minimum absolute atomic E-state index is 0.110. The van der Waals surface area contributed by atoms with Crippen molar-refractivity contribution in [2.75, 3.05) is 13.7 Å². The van der Waals surface area contributed by atoms with E-state index >= 15 is 0 Å². The van der Waals surface area contributed by atoms with Crippen molar-refractivity contribution in [3.63, 3.8) is 0 Å². The molecule has 1 fully saturated rings. The number of methoxy groups -OCH3 is 1. The van der Waals surface area contributed by atoms with Crippen molar-refractivity contribution in [1.29, 1.82) is 0 Å². The molecule has 0 aromatic heterocycles. The lowest BCUT2D eigenvalue weighted by molar-refractivity contribution is -0.0903. The highest BCUT2D eigenvalue weighted by molar-refractivity contribution is 5.21. The maximum absolute atomic E-state index is 5.84. The molecule has 2 heteroatoms. The van der Waals surface area contributed by atoms with Crippen LogP contribution in [0, 0.1) is 0 Å². The van der Waals surface area contributed by atoms with Crippen LogP contribution in [0.1, 0.15) is 51.9 Å². The maximum Gasteiger partial charge on any atom is 0.0869 e. The fraction of sp³-hybridized carbons (Fsp3) is 0.857. The molecule has 0 aliphatic heterocycles. The SMILES string of the molecule is CCNC(C1=CCCCC1)C1(OC)CCC1. The second-order valence-electron chi connectivity index (χ2n) is 5.14. The molecule has 92 valence electrons. The summed E-state index contributed by atoms with van der Waals surface area (Å²) in [6.07, 6.45) is 11.5. The van der Waals surface area contributed by atoms with Gasteiger partial charge in [-0.15, -0.1) is 0 Å². The summed E-state index contributed by atoms with van der Waals surface area (Å²) in [5, 5.41) is 3.65. The second kappa shape index (κ2) is 5.33. The molecular weight excluding hydrogens is 198 g/mol. The molecule has 0 spiro atoms. The second-order valence-corrected chi connectivity index (χ2v) is 5.14. The van der Waals surface area contributed by atoms with Crippen LogP contribution in [0.5, 0.6) is 0 Å². The smallest absolute Gasteiger partial charge is 0.0869 e. The summed E-state index contributed by atoms with van der Waals surface area (Å²) in [6.45, 7) is 3.23. The van der Waals surface area contributed by atoms with E-state index in [0.29, 0.717) is 6.04 Å². The van der Waals surface area contributed by atoms with Gasteiger partial charge in [0.2, 0.25) is 0 Å². The highest BCUT2D eigenvalue weighted by Gasteiger charge is 2.45. The fourth-order valence-corrected chi connectivity index (χ4v) is 3.12. The monoisotopic (exact) mass is 223 g/mol. The Morgan fingerprint density at radius 1 is 1.38 bits per heavy atom. The molecule has 16 heavy (non-hydrogen) atoms. The lowest BCUT2D eigenvalue weighted by Gasteiger charge is -2.48. The molecule has 1 N–H and O–H groups in total. The third-order valence-electron chi connectivity index (χ3n) is 4.24. The van der Waals surface area contributed by atoms with Crippen LogP contribution in [0.2, 0.25) is 0 Å². The van der Waals surface area contributed by atoms with Crippen LogP contribution >= 0.6 is 0 Å². The zero-order valence-corrected chi connectivity index (χ0v) is 10.7. The lowest BCUT2D eigenvalue weighted by atomic mass is 9.70. The van der Waals surface area contributed by atoms with Crippen LogP contribution in [0.15, 0.2) is 11.6 Å². The number of hydrogen-bond acceptors (Lipinski definition) is 2. The highest BCUT2D eigenvalue weighted by atomic mass is 16.5. The zero-order valence-electron chi connectivity index (χ0n) is 10.7. The number of nitrogens with one attached hydrogen (secondary N) is 1. The molecule has 0 radical (unpaired) electrons. The van der Waals surface area contributed by atoms with Gasteiger partial charge in [0.1, 0.15) is 0 Å². The van der Waals surface area contributed by atoms with Crippen LogP contribution < -0.4 is 5.32 Å². The van der Waals surface area contributed by atoms with E-state index in [4.69, 9.17) is 4.74 Å². The molecule has 0 saturated heterocycles. The Bertz CT molecular complexity index is 250. The minimum Gasteiger partial charge on any atom is -0.376 e. The van der Waals surface area contributed by atoms with Crippen LogP contribution in [-0.2, 0) is 4.74 Å². The molecule has 2 nitrogen and oxygen atoms in total. The molecule has 0 aromatic carbocycles. The van der Waals surface area contributed by atoms with Crippen LogP contribution in [0.3, 0.4) is 0 Å². The van der Waals surface area contributed by atoms with Gasteiger partial charge in [0, 0.05) is 7.11 Å². The van der Waals surface area contributed by atoms with E-state index in [1.165, 1.54) is 44.9 Å². The maximum atomic E-state index is 5.84. The third-order valence-corrected chi connectivity index (χ3v) is 4.24. The van der Waals surface area contributed by atoms with Gasteiger partial charge in [-0.05, 0) is 51.5 Å². The molecule has 2 aliphatic rings. The zero-order chi connectivity index (χ0) is 11.4. The Kier molecular flexibility index (Phi) is 4.04. The molecule has 2 aliphatic carbocycles. The van der Waals surface area contributed by atoms with E-state index in [2.05, 4.69) is 18.3 Å². The summed E-state index contributed by atoms with van der Waals surface area (Å²) < 4.78 is 5.84. The number of likely N-dealkylation sites (N-methyl/N-ethyl adjacent to an activating group) is 1. The normalized spacial score (nSPS) is 25.8. The first-order valence-electron chi connectivity index (χ1n) is 6.80. The van der Waals surface area contributed by atoms with Crippen molar-refractivity contribution in [2.24, 2.45) is 0 Å².